The second kappa shape index (κ2) is 8.34. The molecule has 1 atom stereocenters. The van der Waals surface area contributed by atoms with Gasteiger partial charge in [-0.3, -0.25) is 4.79 Å². The van der Waals surface area contributed by atoms with Crippen molar-refractivity contribution in [1.82, 2.24) is 4.57 Å². The first-order valence-electron chi connectivity index (χ1n) is 6.26. The molecule has 0 radical (unpaired) electrons. The van der Waals surface area contributed by atoms with Crippen LogP contribution in [0.1, 0.15) is 18.9 Å². The summed E-state index contributed by atoms with van der Waals surface area (Å²) in [4.78, 5) is 16.5. The molecule has 21 heavy (non-hydrogen) atoms. The van der Waals surface area contributed by atoms with Gasteiger partial charge in [0.15, 0.2) is 4.80 Å². The third-order valence-electron chi connectivity index (χ3n) is 2.68. The Morgan fingerprint density at radius 1 is 1.48 bits per heavy atom. The zero-order chi connectivity index (χ0) is 14.5. The van der Waals surface area contributed by atoms with E-state index in [2.05, 4.69) is 4.99 Å². The lowest BCUT2D eigenvalue weighted by Gasteiger charge is -2.05. The molecule has 0 fully saturated rings. The Morgan fingerprint density at radius 2 is 2.19 bits per heavy atom. The summed E-state index contributed by atoms with van der Waals surface area (Å²) in [5.74, 6) is -0.199. The van der Waals surface area contributed by atoms with Crippen LogP contribution in [0, 0.1) is 0 Å². The highest BCUT2D eigenvalue weighted by Crippen LogP contribution is 2.15. The fourth-order valence-corrected chi connectivity index (χ4v) is 2.69. The highest BCUT2D eigenvalue weighted by atomic mass is 35.5. The minimum absolute atomic E-state index is 0. The van der Waals surface area contributed by atoms with E-state index >= 15 is 0 Å². The summed E-state index contributed by atoms with van der Waals surface area (Å²) in [5.41, 5.74) is 6.60. The number of hydrogen-bond donors (Lipinski definition) is 1. The van der Waals surface area contributed by atoms with E-state index in [0.717, 1.165) is 5.56 Å². The van der Waals surface area contributed by atoms with Crippen molar-refractivity contribution in [3.8, 4) is 0 Å². The molecule has 1 unspecified atom stereocenters. The Morgan fingerprint density at radius 3 is 2.86 bits per heavy atom. The molecule has 0 aliphatic rings. The van der Waals surface area contributed by atoms with Crippen LogP contribution in [0.15, 0.2) is 40.8 Å². The van der Waals surface area contributed by atoms with Crippen LogP contribution in [0.3, 0.4) is 0 Å². The molecular weight excluding hydrogens is 329 g/mol. The molecule has 0 saturated heterocycles. The minimum Gasteiger partial charge on any atom is -0.327 e. The smallest absolute Gasteiger partial charge is 0.249 e. The zero-order valence-corrected chi connectivity index (χ0v) is 13.9. The molecule has 114 valence electrons. The van der Waals surface area contributed by atoms with Crippen molar-refractivity contribution in [3.05, 3.63) is 51.2 Å². The average molecular weight is 346 g/mol. The number of amides is 1. The number of carbonyl (C=O) groups is 1. The normalized spacial score (nSPS) is 12.8. The van der Waals surface area contributed by atoms with Gasteiger partial charge in [0.1, 0.15) is 0 Å². The molecule has 1 heterocycles. The standard InChI is InChI=1S/C14H16ClN3OS.ClH/c1-10(16)8-13(19)17-14-18(6-7-20-14)9-11-4-2-3-5-12(11)15;/h2-7,10H,8-9,16H2,1H3;1H. The van der Waals surface area contributed by atoms with Crippen molar-refractivity contribution >= 4 is 41.3 Å². The molecule has 0 aliphatic heterocycles. The second-order valence-electron chi connectivity index (χ2n) is 4.59. The van der Waals surface area contributed by atoms with E-state index in [1.165, 1.54) is 11.3 Å². The minimum atomic E-state index is -0.199. The van der Waals surface area contributed by atoms with Gasteiger partial charge in [0.2, 0.25) is 5.91 Å². The first-order chi connectivity index (χ1) is 9.56. The van der Waals surface area contributed by atoms with Crippen molar-refractivity contribution in [2.45, 2.75) is 25.9 Å². The number of thiazole rings is 1. The van der Waals surface area contributed by atoms with E-state index in [0.29, 0.717) is 16.4 Å². The van der Waals surface area contributed by atoms with Crippen LogP contribution in [0.5, 0.6) is 0 Å². The van der Waals surface area contributed by atoms with Gasteiger partial charge in [0.25, 0.3) is 0 Å². The van der Waals surface area contributed by atoms with E-state index in [9.17, 15) is 4.79 Å². The first-order valence-corrected chi connectivity index (χ1v) is 7.52. The lowest BCUT2D eigenvalue weighted by atomic mass is 10.2. The van der Waals surface area contributed by atoms with E-state index < -0.39 is 0 Å². The molecule has 0 bridgehead atoms. The lowest BCUT2D eigenvalue weighted by molar-refractivity contribution is -0.118. The number of aromatic nitrogens is 1. The van der Waals surface area contributed by atoms with Crippen molar-refractivity contribution in [1.29, 1.82) is 0 Å². The molecule has 0 spiro atoms. The molecule has 4 nitrogen and oxygen atoms in total. The van der Waals surface area contributed by atoms with E-state index in [-0.39, 0.29) is 30.8 Å². The highest BCUT2D eigenvalue weighted by Gasteiger charge is 2.06. The molecule has 2 N–H and O–H groups in total. The summed E-state index contributed by atoms with van der Waals surface area (Å²) in [6.45, 7) is 2.38. The van der Waals surface area contributed by atoms with Crippen LogP contribution in [0.4, 0.5) is 0 Å². The largest absolute Gasteiger partial charge is 0.327 e. The number of nitrogens with two attached hydrogens (primary N) is 1. The predicted molar refractivity (Wildman–Crippen MR) is 88.9 cm³/mol. The summed E-state index contributed by atoms with van der Waals surface area (Å²) in [6, 6.07) is 7.46. The van der Waals surface area contributed by atoms with Gasteiger partial charge in [-0.05, 0) is 18.6 Å². The molecule has 0 aliphatic carbocycles. The molecule has 2 aromatic rings. The summed E-state index contributed by atoms with van der Waals surface area (Å²) in [7, 11) is 0. The third kappa shape index (κ3) is 5.28. The quantitative estimate of drug-likeness (QED) is 0.925. The second-order valence-corrected chi connectivity index (χ2v) is 5.87. The lowest BCUT2D eigenvalue weighted by Crippen LogP contribution is -2.22. The van der Waals surface area contributed by atoms with Crippen LogP contribution in [0.2, 0.25) is 5.02 Å². The van der Waals surface area contributed by atoms with Crippen molar-refractivity contribution in [2.75, 3.05) is 0 Å². The maximum Gasteiger partial charge on any atom is 0.249 e. The molecular formula is C14H17Cl2N3OS. The molecule has 1 aromatic carbocycles. The predicted octanol–water partition coefficient (Wildman–Crippen LogP) is 2.84. The Balaban J connectivity index is 0.00000220. The Labute approximate surface area is 138 Å². The maximum absolute atomic E-state index is 11.7. The van der Waals surface area contributed by atoms with Crippen LogP contribution in [0.25, 0.3) is 0 Å². The van der Waals surface area contributed by atoms with Crippen LogP contribution < -0.4 is 10.5 Å². The van der Waals surface area contributed by atoms with Crippen LogP contribution in [-0.4, -0.2) is 16.5 Å². The number of carbonyl (C=O) groups excluding carboxylic acids is 1. The number of nitrogens with zero attached hydrogens (tertiary/aromatic N) is 2. The zero-order valence-electron chi connectivity index (χ0n) is 11.5. The molecule has 1 aromatic heterocycles. The van der Waals surface area contributed by atoms with E-state index in [1.807, 2.05) is 40.4 Å². The molecule has 7 heteroatoms. The van der Waals surface area contributed by atoms with Gasteiger partial charge in [-0.15, -0.1) is 23.7 Å². The van der Waals surface area contributed by atoms with Crippen molar-refractivity contribution in [3.63, 3.8) is 0 Å². The first kappa shape index (κ1) is 17.9. The number of rotatable bonds is 4. The summed E-state index contributed by atoms with van der Waals surface area (Å²) in [5, 5.41) is 2.61. The van der Waals surface area contributed by atoms with Crippen LogP contribution >= 0.6 is 35.3 Å². The topological polar surface area (TPSA) is 60.4 Å². The fourth-order valence-electron chi connectivity index (χ4n) is 1.75. The van der Waals surface area contributed by atoms with Gasteiger partial charge in [-0.2, -0.15) is 4.99 Å². The monoisotopic (exact) mass is 345 g/mol. The summed E-state index contributed by atoms with van der Waals surface area (Å²) < 4.78 is 1.91. The Bertz CT molecular complexity index is 664. The van der Waals surface area contributed by atoms with Gasteiger partial charge in [-0.25, -0.2) is 0 Å². The molecule has 0 saturated carbocycles. The SMILES string of the molecule is CC(N)CC(=O)N=c1sccn1Cc1ccccc1Cl.Cl. The number of hydrogen-bond acceptors (Lipinski definition) is 3. The van der Waals surface area contributed by atoms with Gasteiger partial charge in [-0.1, -0.05) is 29.8 Å². The summed E-state index contributed by atoms with van der Waals surface area (Å²) >= 11 is 7.57. The van der Waals surface area contributed by atoms with Crippen molar-refractivity contribution < 1.29 is 4.79 Å². The van der Waals surface area contributed by atoms with Gasteiger partial charge >= 0.3 is 0 Å². The van der Waals surface area contributed by atoms with Gasteiger partial charge in [0, 0.05) is 29.1 Å². The highest BCUT2D eigenvalue weighted by molar-refractivity contribution is 7.07. The molecule has 2 rings (SSSR count). The van der Waals surface area contributed by atoms with Gasteiger partial charge < -0.3 is 10.3 Å². The number of halogens is 2. The van der Waals surface area contributed by atoms with Crippen molar-refractivity contribution in [2.24, 2.45) is 10.7 Å². The van der Waals surface area contributed by atoms with Crippen LogP contribution in [-0.2, 0) is 11.3 Å². The summed E-state index contributed by atoms with van der Waals surface area (Å²) in [6.07, 6.45) is 2.15. The Kier molecular flexibility index (Phi) is 7.11. The number of benzene rings is 1. The van der Waals surface area contributed by atoms with E-state index in [4.69, 9.17) is 17.3 Å². The third-order valence-corrected chi connectivity index (χ3v) is 3.84. The Hall–Kier alpha value is -1.14. The van der Waals surface area contributed by atoms with E-state index in [1.54, 1.807) is 6.92 Å². The molecule has 1 amide bonds. The average Bonchev–Trinajstić information content (AvgIpc) is 2.78. The maximum atomic E-state index is 11.7. The fraction of sp³-hybridized carbons (Fsp3) is 0.286. The van der Waals surface area contributed by atoms with Gasteiger partial charge in [0.05, 0.1) is 6.54 Å².